The minimum Gasteiger partial charge on any atom is -0.369 e. The maximum atomic E-state index is 13.2. The Bertz CT molecular complexity index is 765. The average molecular weight is 354 g/mol. The molecule has 3 rings (SSSR count). The molecule has 1 unspecified atom stereocenters. The molecule has 1 aliphatic heterocycles. The van der Waals surface area contributed by atoms with E-state index in [1.807, 2.05) is 24.3 Å². The highest BCUT2D eigenvalue weighted by Gasteiger charge is 2.53. The molecule has 0 bridgehead atoms. The summed E-state index contributed by atoms with van der Waals surface area (Å²) in [6, 6.07) is 7.43. The van der Waals surface area contributed by atoms with Gasteiger partial charge in [-0.1, -0.05) is 37.5 Å². The van der Waals surface area contributed by atoms with Crippen molar-refractivity contribution >= 4 is 23.5 Å². The maximum absolute atomic E-state index is 13.2. The second-order valence-electron chi connectivity index (χ2n) is 7.01. The van der Waals surface area contributed by atoms with Gasteiger partial charge in [-0.25, -0.2) is 4.99 Å². The van der Waals surface area contributed by atoms with E-state index in [9.17, 15) is 9.59 Å². The van der Waals surface area contributed by atoms with Crippen molar-refractivity contribution in [2.45, 2.75) is 44.6 Å². The molecule has 1 saturated carbocycles. The Balaban J connectivity index is 2.03. The molecule has 2 aliphatic rings. The molecule has 2 amide bonds. The van der Waals surface area contributed by atoms with E-state index in [4.69, 9.17) is 5.73 Å². The number of amides is 2. The molecule has 1 atom stereocenters. The Morgan fingerprint density at radius 3 is 2.69 bits per heavy atom. The Morgan fingerprint density at radius 2 is 2.08 bits per heavy atom. The summed E-state index contributed by atoms with van der Waals surface area (Å²) in [4.78, 5) is 31.2. The number of anilines is 1. The second-order valence-corrected chi connectivity index (χ2v) is 7.01. The monoisotopic (exact) mass is 354 g/mol. The highest BCUT2D eigenvalue weighted by molar-refractivity contribution is 6.07. The summed E-state index contributed by atoms with van der Waals surface area (Å²) in [5, 5.41) is 2.83. The van der Waals surface area contributed by atoms with Crippen LogP contribution in [-0.4, -0.2) is 29.7 Å². The van der Waals surface area contributed by atoms with E-state index in [1.54, 1.807) is 20.0 Å². The smallest absolute Gasteiger partial charge is 0.261 e. The van der Waals surface area contributed by atoms with E-state index in [-0.39, 0.29) is 23.7 Å². The Morgan fingerprint density at radius 1 is 1.35 bits per heavy atom. The molecule has 0 radical (unpaired) electrons. The Kier molecular flexibility index (Phi) is 5.11. The van der Waals surface area contributed by atoms with E-state index >= 15 is 0 Å². The number of hydrogen-bond acceptors (Lipinski definition) is 4. The van der Waals surface area contributed by atoms with Crippen LogP contribution in [0.5, 0.6) is 0 Å². The summed E-state index contributed by atoms with van der Waals surface area (Å²) in [7, 11) is 1.67. The maximum Gasteiger partial charge on any atom is 0.261 e. The van der Waals surface area contributed by atoms with Crippen molar-refractivity contribution in [2.24, 2.45) is 16.6 Å². The number of aliphatic imine (C=N–C) groups is 1. The topological polar surface area (TPSA) is 87.8 Å². The zero-order chi connectivity index (χ0) is 18.7. The standard InChI is InChI=1S/C20H26N4O2/c1-3-8-17(25)22-16-12-7-11-15(13-16)20(14-9-5-4-6-10-14)18(26)24(2)19(21)23-20/h3,7-8,11-14H,4-6,9-10H2,1-2H3,(H2,21,23)(H,22,25)/b8-3+. The normalized spacial score (nSPS) is 24.2. The van der Waals surface area contributed by atoms with Crippen LogP contribution >= 0.6 is 0 Å². The summed E-state index contributed by atoms with van der Waals surface area (Å²) in [6.07, 6.45) is 8.43. The first-order valence-corrected chi connectivity index (χ1v) is 9.16. The van der Waals surface area contributed by atoms with Crippen LogP contribution in [0.1, 0.15) is 44.6 Å². The van der Waals surface area contributed by atoms with Gasteiger partial charge in [0, 0.05) is 12.7 Å². The molecule has 1 fully saturated rings. The summed E-state index contributed by atoms with van der Waals surface area (Å²) >= 11 is 0. The lowest BCUT2D eigenvalue weighted by Gasteiger charge is -2.36. The van der Waals surface area contributed by atoms with E-state index in [2.05, 4.69) is 10.3 Å². The van der Waals surface area contributed by atoms with Crippen molar-refractivity contribution in [3.8, 4) is 0 Å². The number of nitrogens with one attached hydrogen (secondary N) is 1. The fourth-order valence-electron chi connectivity index (χ4n) is 4.04. The molecule has 0 spiro atoms. The van der Waals surface area contributed by atoms with Gasteiger partial charge in [0.2, 0.25) is 5.91 Å². The lowest BCUT2D eigenvalue weighted by molar-refractivity contribution is -0.133. The van der Waals surface area contributed by atoms with Gasteiger partial charge in [-0.2, -0.15) is 0 Å². The van der Waals surface area contributed by atoms with Gasteiger partial charge in [-0.05, 0) is 49.5 Å². The van der Waals surface area contributed by atoms with Crippen LogP contribution in [0.25, 0.3) is 0 Å². The van der Waals surface area contributed by atoms with Crippen molar-refractivity contribution in [1.82, 2.24) is 4.90 Å². The number of likely N-dealkylation sites (N-methyl/N-ethyl adjacent to an activating group) is 1. The van der Waals surface area contributed by atoms with E-state index in [0.29, 0.717) is 5.69 Å². The van der Waals surface area contributed by atoms with E-state index in [0.717, 1.165) is 31.2 Å². The van der Waals surface area contributed by atoms with Crippen LogP contribution in [0.4, 0.5) is 5.69 Å². The number of carbonyl (C=O) groups is 2. The van der Waals surface area contributed by atoms with Gasteiger partial charge in [0.05, 0.1) is 0 Å². The Hall–Kier alpha value is -2.63. The molecule has 0 saturated heterocycles. The van der Waals surface area contributed by atoms with Crippen LogP contribution in [0, 0.1) is 5.92 Å². The van der Waals surface area contributed by atoms with Gasteiger partial charge in [0.15, 0.2) is 11.5 Å². The van der Waals surface area contributed by atoms with Gasteiger partial charge < -0.3 is 11.1 Å². The van der Waals surface area contributed by atoms with Crippen molar-refractivity contribution in [2.75, 3.05) is 12.4 Å². The summed E-state index contributed by atoms with van der Waals surface area (Å²) in [5.74, 6) is 0.0887. The predicted octanol–water partition coefficient (Wildman–Crippen LogP) is 2.76. The van der Waals surface area contributed by atoms with Crippen molar-refractivity contribution in [3.05, 3.63) is 42.0 Å². The fourth-order valence-corrected chi connectivity index (χ4v) is 4.04. The van der Waals surface area contributed by atoms with Gasteiger partial charge in [0.25, 0.3) is 5.91 Å². The minimum atomic E-state index is -0.986. The van der Waals surface area contributed by atoms with E-state index in [1.165, 1.54) is 17.4 Å². The number of benzene rings is 1. The molecule has 1 aromatic rings. The summed E-state index contributed by atoms with van der Waals surface area (Å²) in [5.41, 5.74) is 6.48. The third kappa shape index (κ3) is 3.11. The second kappa shape index (κ2) is 7.32. The van der Waals surface area contributed by atoms with Crippen molar-refractivity contribution in [3.63, 3.8) is 0 Å². The van der Waals surface area contributed by atoms with Crippen LogP contribution in [0.15, 0.2) is 41.4 Å². The molecule has 1 aliphatic carbocycles. The molecule has 1 heterocycles. The SMILES string of the molecule is C/C=C/C(=O)Nc1cccc(C2(C3CCCCC3)N=C(N)N(C)C2=O)c1. The first-order valence-electron chi connectivity index (χ1n) is 9.16. The molecule has 6 nitrogen and oxygen atoms in total. The third-order valence-electron chi connectivity index (χ3n) is 5.35. The molecular weight excluding hydrogens is 328 g/mol. The number of carbonyl (C=O) groups excluding carboxylic acids is 2. The first-order chi connectivity index (χ1) is 12.5. The van der Waals surface area contributed by atoms with Crippen molar-refractivity contribution in [1.29, 1.82) is 0 Å². The highest BCUT2D eigenvalue weighted by atomic mass is 16.2. The largest absolute Gasteiger partial charge is 0.369 e. The minimum absolute atomic E-state index is 0.0844. The van der Waals surface area contributed by atoms with Gasteiger partial charge >= 0.3 is 0 Å². The molecular formula is C20H26N4O2. The number of guanidine groups is 1. The zero-order valence-corrected chi connectivity index (χ0v) is 15.4. The quantitative estimate of drug-likeness (QED) is 0.815. The van der Waals surface area contributed by atoms with Crippen LogP contribution < -0.4 is 11.1 Å². The van der Waals surface area contributed by atoms with E-state index < -0.39 is 5.54 Å². The van der Waals surface area contributed by atoms with Crippen molar-refractivity contribution < 1.29 is 9.59 Å². The molecule has 3 N–H and O–H groups in total. The fraction of sp³-hybridized carbons (Fsp3) is 0.450. The highest BCUT2D eigenvalue weighted by Crippen LogP contribution is 2.46. The molecule has 1 aromatic carbocycles. The predicted molar refractivity (Wildman–Crippen MR) is 103 cm³/mol. The summed E-state index contributed by atoms with van der Waals surface area (Å²) in [6.45, 7) is 1.79. The number of allylic oxidation sites excluding steroid dienone is 1. The molecule has 26 heavy (non-hydrogen) atoms. The number of nitrogens with zero attached hydrogens (tertiary/aromatic N) is 2. The summed E-state index contributed by atoms with van der Waals surface area (Å²) < 4.78 is 0. The van der Waals surface area contributed by atoms with Crippen LogP contribution in [0.2, 0.25) is 0 Å². The van der Waals surface area contributed by atoms with Crippen LogP contribution in [0.3, 0.4) is 0 Å². The third-order valence-corrected chi connectivity index (χ3v) is 5.35. The lowest BCUT2D eigenvalue weighted by atomic mass is 9.71. The average Bonchev–Trinajstić information content (AvgIpc) is 2.88. The molecule has 0 aromatic heterocycles. The van der Waals surface area contributed by atoms with Gasteiger partial charge in [-0.15, -0.1) is 0 Å². The lowest BCUT2D eigenvalue weighted by Crippen LogP contribution is -2.45. The zero-order valence-electron chi connectivity index (χ0n) is 15.4. The van der Waals surface area contributed by atoms with Gasteiger partial charge in [0.1, 0.15) is 0 Å². The van der Waals surface area contributed by atoms with Gasteiger partial charge in [-0.3, -0.25) is 14.5 Å². The molecule has 138 valence electrons. The number of rotatable bonds is 4. The molecule has 6 heteroatoms. The first kappa shape index (κ1) is 18.2. The number of nitrogens with two attached hydrogens (primary N) is 1. The number of hydrogen-bond donors (Lipinski definition) is 2. The Labute approximate surface area is 154 Å². The van der Waals surface area contributed by atoms with Crippen LogP contribution in [-0.2, 0) is 15.1 Å².